The minimum atomic E-state index is -1.05. The second-order valence-electron chi connectivity index (χ2n) is 4.49. The predicted octanol–water partition coefficient (Wildman–Crippen LogP) is 2.33. The summed E-state index contributed by atoms with van der Waals surface area (Å²) in [5.41, 5.74) is 0. The van der Waals surface area contributed by atoms with Crippen LogP contribution in [0.1, 0.15) is 20.3 Å². The monoisotopic (exact) mass is 299 g/mol. The number of amides is 1. The van der Waals surface area contributed by atoms with Crippen molar-refractivity contribution in [1.29, 1.82) is 0 Å². The third kappa shape index (κ3) is 4.74. The summed E-state index contributed by atoms with van der Waals surface area (Å²) in [5, 5.41) is 11.9. The molecular weight excluding hydrogens is 282 g/mol. The van der Waals surface area contributed by atoms with Gasteiger partial charge in [-0.3, -0.25) is 4.79 Å². The van der Waals surface area contributed by atoms with Crippen molar-refractivity contribution in [3.63, 3.8) is 0 Å². The average molecular weight is 300 g/mol. The molecule has 2 atom stereocenters. The summed E-state index contributed by atoms with van der Waals surface area (Å²) in [6.07, 6.45) is 0.655. The Balaban J connectivity index is 2.55. The average Bonchev–Trinajstić information content (AvgIpc) is 2.42. The highest BCUT2D eigenvalue weighted by Crippen LogP contribution is 2.22. The van der Waals surface area contributed by atoms with Crippen molar-refractivity contribution in [3.05, 3.63) is 29.3 Å². The van der Waals surface area contributed by atoms with Crippen LogP contribution in [0.5, 0.6) is 5.75 Å². The number of ether oxygens (including phenoxy) is 1. The first kappa shape index (κ1) is 16.3. The van der Waals surface area contributed by atoms with Crippen LogP contribution >= 0.6 is 11.6 Å². The van der Waals surface area contributed by atoms with E-state index in [1.807, 2.05) is 6.92 Å². The molecule has 0 heterocycles. The van der Waals surface area contributed by atoms with Crippen molar-refractivity contribution in [3.8, 4) is 5.75 Å². The Labute approximate surface area is 122 Å². The number of carbonyl (C=O) groups is 2. The van der Waals surface area contributed by atoms with Gasteiger partial charge in [-0.05, 0) is 18.1 Å². The number of aliphatic carboxylic acids is 1. The second-order valence-corrected chi connectivity index (χ2v) is 4.90. The van der Waals surface area contributed by atoms with Gasteiger partial charge in [-0.25, -0.2) is 4.79 Å². The standard InChI is InChI=1S/C14H18ClNO4/c1-3-9(2)13(14(18)19)16-12(17)8-20-11-7-5-4-6-10(11)15/h4-7,9,13H,3,8H2,1-2H3,(H,16,17)(H,18,19)/t9?,13-/m0/s1. The van der Waals surface area contributed by atoms with Gasteiger partial charge in [0.25, 0.3) is 5.91 Å². The van der Waals surface area contributed by atoms with E-state index in [0.717, 1.165) is 0 Å². The summed E-state index contributed by atoms with van der Waals surface area (Å²) in [4.78, 5) is 22.8. The van der Waals surface area contributed by atoms with Crippen LogP contribution in [-0.2, 0) is 9.59 Å². The van der Waals surface area contributed by atoms with Crippen LogP contribution in [0.3, 0.4) is 0 Å². The Morgan fingerprint density at radius 3 is 2.60 bits per heavy atom. The maximum Gasteiger partial charge on any atom is 0.326 e. The van der Waals surface area contributed by atoms with Gasteiger partial charge in [-0.1, -0.05) is 44.0 Å². The maximum absolute atomic E-state index is 11.7. The number of hydrogen-bond donors (Lipinski definition) is 2. The number of benzene rings is 1. The molecule has 0 saturated heterocycles. The van der Waals surface area contributed by atoms with E-state index < -0.39 is 17.9 Å². The van der Waals surface area contributed by atoms with E-state index in [2.05, 4.69) is 5.32 Å². The molecule has 0 aromatic heterocycles. The first-order valence-corrected chi connectivity index (χ1v) is 6.73. The van der Waals surface area contributed by atoms with Crippen molar-refractivity contribution < 1.29 is 19.4 Å². The van der Waals surface area contributed by atoms with E-state index in [-0.39, 0.29) is 12.5 Å². The molecule has 1 aromatic rings. The fraction of sp³-hybridized carbons (Fsp3) is 0.429. The number of carboxylic acid groups (broad SMARTS) is 1. The highest BCUT2D eigenvalue weighted by Gasteiger charge is 2.25. The van der Waals surface area contributed by atoms with Gasteiger partial charge in [0, 0.05) is 0 Å². The highest BCUT2D eigenvalue weighted by molar-refractivity contribution is 6.32. The third-order valence-corrected chi connectivity index (χ3v) is 3.30. The molecule has 20 heavy (non-hydrogen) atoms. The summed E-state index contributed by atoms with van der Waals surface area (Å²) in [6, 6.07) is 5.85. The smallest absolute Gasteiger partial charge is 0.326 e. The molecule has 0 bridgehead atoms. The number of nitrogens with one attached hydrogen (secondary N) is 1. The number of carboxylic acids is 1. The molecule has 1 aromatic carbocycles. The molecule has 0 aliphatic carbocycles. The van der Waals surface area contributed by atoms with Crippen LogP contribution in [-0.4, -0.2) is 29.6 Å². The largest absolute Gasteiger partial charge is 0.482 e. The summed E-state index contributed by atoms with van der Waals surface area (Å²) < 4.78 is 5.26. The molecule has 1 rings (SSSR count). The Bertz CT molecular complexity index is 478. The van der Waals surface area contributed by atoms with Gasteiger partial charge < -0.3 is 15.2 Å². The number of halogens is 1. The van der Waals surface area contributed by atoms with Crippen molar-refractivity contribution in [2.75, 3.05) is 6.61 Å². The number of hydrogen-bond acceptors (Lipinski definition) is 3. The van der Waals surface area contributed by atoms with Gasteiger partial charge in [0.15, 0.2) is 6.61 Å². The van der Waals surface area contributed by atoms with E-state index in [9.17, 15) is 9.59 Å². The molecule has 0 saturated carbocycles. The van der Waals surface area contributed by atoms with Gasteiger partial charge in [0.1, 0.15) is 11.8 Å². The molecule has 110 valence electrons. The molecule has 0 aliphatic rings. The van der Waals surface area contributed by atoms with Gasteiger partial charge >= 0.3 is 5.97 Å². The van der Waals surface area contributed by atoms with Crippen LogP contribution in [0.25, 0.3) is 0 Å². The first-order valence-electron chi connectivity index (χ1n) is 6.35. The number of para-hydroxylation sites is 1. The topological polar surface area (TPSA) is 75.6 Å². The Hall–Kier alpha value is -1.75. The predicted molar refractivity (Wildman–Crippen MR) is 76.0 cm³/mol. The molecular formula is C14H18ClNO4. The molecule has 6 heteroatoms. The lowest BCUT2D eigenvalue weighted by molar-refractivity contribution is -0.143. The van der Waals surface area contributed by atoms with E-state index in [4.69, 9.17) is 21.4 Å². The van der Waals surface area contributed by atoms with Crippen molar-refractivity contribution in [2.45, 2.75) is 26.3 Å². The van der Waals surface area contributed by atoms with Gasteiger partial charge in [0.05, 0.1) is 5.02 Å². The lowest BCUT2D eigenvalue weighted by atomic mass is 9.99. The van der Waals surface area contributed by atoms with Gasteiger partial charge in [-0.15, -0.1) is 0 Å². The van der Waals surface area contributed by atoms with Crippen LogP contribution in [0.2, 0.25) is 5.02 Å². The maximum atomic E-state index is 11.7. The minimum absolute atomic E-state index is 0.156. The molecule has 0 spiro atoms. The van der Waals surface area contributed by atoms with Gasteiger partial charge in [-0.2, -0.15) is 0 Å². The highest BCUT2D eigenvalue weighted by atomic mass is 35.5. The van der Waals surface area contributed by atoms with Crippen LogP contribution in [0, 0.1) is 5.92 Å². The van der Waals surface area contributed by atoms with Crippen LogP contribution < -0.4 is 10.1 Å². The summed E-state index contributed by atoms with van der Waals surface area (Å²) in [5.74, 6) is -1.31. The lowest BCUT2D eigenvalue weighted by Crippen LogP contribution is -2.46. The first-order chi connectivity index (χ1) is 9.45. The van der Waals surface area contributed by atoms with E-state index >= 15 is 0 Å². The molecule has 1 amide bonds. The van der Waals surface area contributed by atoms with Crippen LogP contribution in [0.4, 0.5) is 0 Å². The second kappa shape index (κ2) is 7.75. The van der Waals surface area contributed by atoms with E-state index in [0.29, 0.717) is 17.2 Å². The molecule has 1 unspecified atom stereocenters. The summed E-state index contributed by atoms with van der Waals surface area (Å²) >= 11 is 5.89. The summed E-state index contributed by atoms with van der Waals surface area (Å²) in [6.45, 7) is 3.37. The normalized spacial score (nSPS) is 13.3. The molecule has 0 radical (unpaired) electrons. The Kier molecular flexibility index (Phi) is 6.31. The van der Waals surface area contributed by atoms with Crippen molar-refractivity contribution in [1.82, 2.24) is 5.32 Å². The third-order valence-electron chi connectivity index (χ3n) is 2.99. The minimum Gasteiger partial charge on any atom is -0.482 e. The molecule has 5 nitrogen and oxygen atoms in total. The molecule has 0 fully saturated rings. The zero-order valence-corrected chi connectivity index (χ0v) is 12.2. The molecule has 0 aliphatic heterocycles. The molecule has 2 N–H and O–H groups in total. The number of rotatable bonds is 7. The lowest BCUT2D eigenvalue weighted by Gasteiger charge is -2.20. The Morgan fingerprint density at radius 1 is 1.40 bits per heavy atom. The van der Waals surface area contributed by atoms with E-state index in [1.165, 1.54) is 0 Å². The SMILES string of the molecule is CCC(C)[C@H](NC(=O)COc1ccccc1Cl)C(=O)O. The fourth-order valence-corrected chi connectivity index (χ4v) is 1.79. The van der Waals surface area contributed by atoms with Crippen molar-refractivity contribution in [2.24, 2.45) is 5.92 Å². The van der Waals surface area contributed by atoms with Crippen molar-refractivity contribution >= 4 is 23.5 Å². The number of carbonyl (C=O) groups excluding carboxylic acids is 1. The zero-order chi connectivity index (χ0) is 15.1. The van der Waals surface area contributed by atoms with Crippen LogP contribution in [0.15, 0.2) is 24.3 Å². The Morgan fingerprint density at radius 2 is 2.05 bits per heavy atom. The quantitative estimate of drug-likeness (QED) is 0.810. The van der Waals surface area contributed by atoms with Gasteiger partial charge in [0.2, 0.25) is 0 Å². The zero-order valence-electron chi connectivity index (χ0n) is 11.4. The summed E-state index contributed by atoms with van der Waals surface area (Å²) in [7, 11) is 0. The van der Waals surface area contributed by atoms with E-state index in [1.54, 1.807) is 31.2 Å². The fourth-order valence-electron chi connectivity index (χ4n) is 1.60.